The highest BCUT2D eigenvalue weighted by molar-refractivity contribution is 5.77. The molecule has 344 valence electrons. The fraction of sp³-hybridized carbons (Fsp3) is 0.811. The average molecular weight is 828 g/mol. The summed E-state index contributed by atoms with van der Waals surface area (Å²) in [6.45, 7) is 6.35. The summed E-state index contributed by atoms with van der Waals surface area (Å²) in [5.74, 6) is -0.493. The molecule has 0 radical (unpaired) electrons. The number of unbranched alkanes of at least 4 members (excludes halogenated alkanes) is 25. The Balaban J connectivity index is 4.60. The van der Waals surface area contributed by atoms with Crippen molar-refractivity contribution >= 4 is 11.9 Å². The van der Waals surface area contributed by atoms with Crippen LogP contribution in [0.5, 0.6) is 0 Å². The van der Waals surface area contributed by atoms with E-state index in [1.54, 1.807) is 0 Å². The molecule has 0 aromatic rings. The third-order valence-corrected chi connectivity index (χ3v) is 11.4. The van der Waals surface area contributed by atoms with Gasteiger partial charge in [-0.1, -0.05) is 204 Å². The van der Waals surface area contributed by atoms with Crippen LogP contribution in [0.15, 0.2) is 48.6 Å². The largest absolute Gasteiger partial charge is 0.462 e. The molecule has 1 amide bonds. The molecule has 59 heavy (non-hydrogen) atoms. The maximum Gasteiger partial charge on any atom is 0.306 e. The van der Waals surface area contributed by atoms with Gasteiger partial charge in [0.1, 0.15) is 6.10 Å². The third-order valence-electron chi connectivity index (χ3n) is 11.4. The summed E-state index contributed by atoms with van der Waals surface area (Å²) in [4.78, 5) is 26.1. The number of hydrogen-bond donors (Lipinski definition) is 3. The summed E-state index contributed by atoms with van der Waals surface area (Å²) in [6.07, 6.45) is 55.9. The Kier molecular flexibility index (Phi) is 45.1. The van der Waals surface area contributed by atoms with Crippen molar-refractivity contribution in [3.05, 3.63) is 48.6 Å². The minimum atomic E-state index is -0.791. The topological polar surface area (TPSA) is 95.9 Å². The number of ether oxygens (including phenoxy) is 1. The number of esters is 1. The molecule has 0 spiro atoms. The molecule has 0 aliphatic rings. The van der Waals surface area contributed by atoms with Crippen LogP contribution in [0.25, 0.3) is 0 Å². The molecule has 0 aromatic carbocycles. The van der Waals surface area contributed by atoms with Crippen molar-refractivity contribution in [2.45, 2.75) is 270 Å². The zero-order chi connectivity index (χ0) is 43.1. The van der Waals surface area contributed by atoms with Crippen LogP contribution in [0, 0.1) is 0 Å². The van der Waals surface area contributed by atoms with Crippen molar-refractivity contribution in [3.8, 4) is 0 Å². The monoisotopic (exact) mass is 828 g/mol. The zero-order valence-corrected chi connectivity index (χ0v) is 39.1. The van der Waals surface area contributed by atoms with Gasteiger partial charge in [0.05, 0.1) is 25.2 Å². The van der Waals surface area contributed by atoms with E-state index in [1.807, 2.05) is 0 Å². The van der Waals surface area contributed by atoms with Crippen LogP contribution in [0.4, 0.5) is 0 Å². The van der Waals surface area contributed by atoms with Gasteiger partial charge in [-0.3, -0.25) is 9.59 Å². The Labute approximate surface area is 366 Å². The van der Waals surface area contributed by atoms with Gasteiger partial charge in [-0.25, -0.2) is 0 Å². The molecular weight excluding hydrogens is 731 g/mol. The molecular formula is C53H97NO5. The summed E-state index contributed by atoms with van der Waals surface area (Å²) in [5.41, 5.74) is 0. The van der Waals surface area contributed by atoms with Crippen LogP contribution in [-0.2, 0) is 14.3 Å². The standard InChI is InChI=1S/C53H97NO5/c1-4-7-10-13-16-19-22-24-25-26-28-31-34-37-40-43-46-53(58)59-49(44-41-38-35-32-30-27-23-20-17-14-11-8-5-2)47-52(57)54-50(48-55)51(56)45-42-39-36-33-29-21-18-15-12-9-6-3/h7,10,16,19-20,23-25,49-51,55-56H,4-6,8-9,11-15,17-18,21-22,26-48H2,1-3H3,(H,54,57)/b10-7+,19-16+,23-20-,25-24+. The molecule has 3 unspecified atom stereocenters. The van der Waals surface area contributed by atoms with E-state index in [9.17, 15) is 19.8 Å². The van der Waals surface area contributed by atoms with Gasteiger partial charge < -0.3 is 20.3 Å². The highest BCUT2D eigenvalue weighted by Gasteiger charge is 2.24. The quantitative estimate of drug-likeness (QED) is 0.0323. The molecule has 0 aromatic heterocycles. The van der Waals surface area contributed by atoms with Crippen LogP contribution in [0.3, 0.4) is 0 Å². The number of carbonyl (C=O) groups excluding carboxylic acids is 2. The molecule has 3 atom stereocenters. The number of carbonyl (C=O) groups is 2. The van der Waals surface area contributed by atoms with E-state index in [0.717, 1.165) is 89.9 Å². The highest BCUT2D eigenvalue weighted by Crippen LogP contribution is 2.18. The van der Waals surface area contributed by atoms with Crippen LogP contribution in [0.1, 0.15) is 252 Å². The van der Waals surface area contributed by atoms with Crippen molar-refractivity contribution in [3.63, 3.8) is 0 Å². The first-order chi connectivity index (χ1) is 29.0. The number of hydrogen-bond acceptors (Lipinski definition) is 5. The highest BCUT2D eigenvalue weighted by atomic mass is 16.5. The van der Waals surface area contributed by atoms with Crippen molar-refractivity contribution < 1.29 is 24.5 Å². The Morgan fingerprint density at radius 1 is 0.508 bits per heavy atom. The second-order valence-corrected chi connectivity index (χ2v) is 17.2. The minimum Gasteiger partial charge on any atom is -0.462 e. The van der Waals surface area contributed by atoms with E-state index in [-0.39, 0.29) is 24.9 Å². The second kappa shape index (κ2) is 46.9. The number of aliphatic hydroxyl groups is 2. The Bertz CT molecular complexity index is 1020. The zero-order valence-electron chi connectivity index (χ0n) is 39.1. The van der Waals surface area contributed by atoms with Gasteiger partial charge in [0.15, 0.2) is 0 Å². The molecule has 0 fully saturated rings. The van der Waals surface area contributed by atoms with Gasteiger partial charge >= 0.3 is 5.97 Å². The summed E-state index contributed by atoms with van der Waals surface area (Å²) in [6, 6.07) is -0.705. The summed E-state index contributed by atoms with van der Waals surface area (Å²) in [5, 5.41) is 23.7. The molecule has 0 bridgehead atoms. The van der Waals surface area contributed by atoms with Crippen LogP contribution >= 0.6 is 0 Å². The number of rotatable bonds is 45. The Hall–Kier alpha value is -2.18. The molecule has 0 saturated carbocycles. The van der Waals surface area contributed by atoms with Crippen molar-refractivity contribution in [1.82, 2.24) is 5.32 Å². The number of allylic oxidation sites excluding steroid dienone is 8. The lowest BCUT2D eigenvalue weighted by Crippen LogP contribution is -2.46. The normalized spacial score (nSPS) is 13.6. The predicted octanol–water partition coefficient (Wildman–Crippen LogP) is 15.1. The summed E-state index contributed by atoms with van der Waals surface area (Å²) < 4.78 is 5.92. The lowest BCUT2D eigenvalue weighted by molar-refractivity contribution is -0.151. The van der Waals surface area contributed by atoms with E-state index in [0.29, 0.717) is 19.3 Å². The minimum absolute atomic E-state index is 0.0670. The Morgan fingerprint density at radius 2 is 0.915 bits per heavy atom. The molecule has 0 rings (SSSR count). The van der Waals surface area contributed by atoms with Gasteiger partial charge in [-0.05, 0) is 83.5 Å². The van der Waals surface area contributed by atoms with Crippen LogP contribution in [0.2, 0.25) is 0 Å². The molecule has 6 heteroatoms. The predicted molar refractivity (Wildman–Crippen MR) is 255 cm³/mol. The molecule has 0 heterocycles. The first kappa shape index (κ1) is 56.8. The number of aliphatic hydroxyl groups excluding tert-OH is 2. The fourth-order valence-corrected chi connectivity index (χ4v) is 7.56. The molecule has 6 nitrogen and oxygen atoms in total. The molecule has 0 saturated heterocycles. The fourth-order valence-electron chi connectivity index (χ4n) is 7.56. The molecule has 0 aliphatic carbocycles. The van der Waals surface area contributed by atoms with E-state index < -0.39 is 18.2 Å². The van der Waals surface area contributed by atoms with Crippen LogP contribution < -0.4 is 5.32 Å². The lowest BCUT2D eigenvalue weighted by Gasteiger charge is -2.24. The van der Waals surface area contributed by atoms with E-state index in [4.69, 9.17) is 4.74 Å². The van der Waals surface area contributed by atoms with Crippen molar-refractivity contribution in [1.29, 1.82) is 0 Å². The number of nitrogens with one attached hydrogen (secondary N) is 1. The van der Waals surface area contributed by atoms with Gasteiger partial charge in [-0.15, -0.1) is 0 Å². The lowest BCUT2D eigenvalue weighted by atomic mass is 10.0. The molecule has 3 N–H and O–H groups in total. The third kappa shape index (κ3) is 42.3. The SMILES string of the molecule is CC/C=C/C/C=C/C/C=C/CCCCCCCCC(=O)OC(CCCCCCC/C=C\CCCCCC)CC(=O)NC(CO)C(O)CCCCCCCCCCCCC. The summed E-state index contributed by atoms with van der Waals surface area (Å²) in [7, 11) is 0. The maximum atomic E-state index is 13.2. The maximum absolute atomic E-state index is 13.2. The molecule has 0 aliphatic heterocycles. The first-order valence-electron chi connectivity index (χ1n) is 25.4. The van der Waals surface area contributed by atoms with Gasteiger partial charge in [0.2, 0.25) is 5.91 Å². The van der Waals surface area contributed by atoms with Gasteiger partial charge in [0, 0.05) is 6.42 Å². The Morgan fingerprint density at radius 3 is 1.42 bits per heavy atom. The number of amides is 1. The van der Waals surface area contributed by atoms with Gasteiger partial charge in [-0.2, -0.15) is 0 Å². The smallest absolute Gasteiger partial charge is 0.306 e. The van der Waals surface area contributed by atoms with Gasteiger partial charge in [0.25, 0.3) is 0 Å². The second-order valence-electron chi connectivity index (χ2n) is 17.2. The average Bonchev–Trinajstić information content (AvgIpc) is 3.23. The van der Waals surface area contributed by atoms with E-state index in [2.05, 4.69) is 74.7 Å². The van der Waals surface area contributed by atoms with Crippen molar-refractivity contribution in [2.24, 2.45) is 0 Å². The van der Waals surface area contributed by atoms with E-state index in [1.165, 1.54) is 116 Å². The van der Waals surface area contributed by atoms with E-state index >= 15 is 0 Å². The summed E-state index contributed by atoms with van der Waals surface area (Å²) >= 11 is 0. The first-order valence-corrected chi connectivity index (χ1v) is 25.4. The van der Waals surface area contributed by atoms with Crippen molar-refractivity contribution in [2.75, 3.05) is 6.61 Å². The van der Waals surface area contributed by atoms with Crippen LogP contribution in [-0.4, -0.2) is 46.9 Å².